The Kier molecular flexibility index (Phi) is 4.70. The van der Waals surface area contributed by atoms with Gasteiger partial charge in [0.25, 0.3) is 5.56 Å². The summed E-state index contributed by atoms with van der Waals surface area (Å²) in [4.78, 5) is 16.3. The van der Waals surface area contributed by atoms with Crippen LogP contribution in [0.3, 0.4) is 0 Å². The van der Waals surface area contributed by atoms with Gasteiger partial charge in [-0.3, -0.25) is 4.79 Å². The monoisotopic (exact) mass is 408 g/mol. The molecule has 2 aromatic heterocycles. The number of benzene rings is 2. The van der Waals surface area contributed by atoms with Gasteiger partial charge >= 0.3 is 0 Å². The van der Waals surface area contributed by atoms with E-state index in [-0.39, 0.29) is 5.56 Å². The van der Waals surface area contributed by atoms with Crippen molar-refractivity contribution in [2.45, 2.75) is 0 Å². The maximum absolute atomic E-state index is 12.4. The van der Waals surface area contributed by atoms with E-state index in [1.165, 1.54) is 10.8 Å². The molecule has 0 atom stereocenters. The van der Waals surface area contributed by atoms with Gasteiger partial charge in [0.05, 0.1) is 32.8 Å². The molecule has 0 aliphatic carbocycles. The van der Waals surface area contributed by atoms with Crippen molar-refractivity contribution in [3.05, 3.63) is 86.9 Å². The molecule has 6 nitrogen and oxygen atoms in total. The number of nitriles is 1. The van der Waals surface area contributed by atoms with Gasteiger partial charge in [0.2, 0.25) is 5.88 Å². The molecular formula is C20H10Cl2N4O2. The van der Waals surface area contributed by atoms with Gasteiger partial charge in [-0.1, -0.05) is 29.3 Å². The van der Waals surface area contributed by atoms with E-state index < -0.39 is 5.56 Å². The van der Waals surface area contributed by atoms with E-state index in [1.54, 1.807) is 54.6 Å². The minimum Gasteiger partial charge on any atom is -0.438 e. The number of fused-ring (bicyclic) bond motifs is 1. The van der Waals surface area contributed by atoms with Crippen molar-refractivity contribution in [1.29, 1.82) is 5.26 Å². The molecule has 0 amide bonds. The van der Waals surface area contributed by atoms with E-state index in [4.69, 9.17) is 33.2 Å². The second-order valence-corrected chi connectivity index (χ2v) is 6.58. The van der Waals surface area contributed by atoms with Crippen LogP contribution in [0.25, 0.3) is 16.6 Å². The first-order valence-corrected chi connectivity index (χ1v) is 8.83. The van der Waals surface area contributed by atoms with E-state index in [0.717, 1.165) is 0 Å². The van der Waals surface area contributed by atoms with Crippen molar-refractivity contribution < 1.29 is 4.74 Å². The quantitative estimate of drug-likeness (QED) is 0.489. The van der Waals surface area contributed by atoms with Crippen LogP contribution in [-0.2, 0) is 0 Å². The Morgan fingerprint density at radius 1 is 0.964 bits per heavy atom. The van der Waals surface area contributed by atoms with Gasteiger partial charge in [-0.15, -0.1) is 5.10 Å². The Bertz CT molecular complexity index is 1270. The van der Waals surface area contributed by atoms with Crippen molar-refractivity contribution in [1.82, 2.24) is 14.6 Å². The first kappa shape index (κ1) is 18.0. The second kappa shape index (κ2) is 7.31. The largest absolute Gasteiger partial charge is 0.438 e. The Morgan fingerprint density at radius 3 is 2.36 bits per heavy atom. The highest BCUT2D eigenvalue weighted by Crippen LogP contribution is 2.34. The number of hydrogen-bond acceptors (Lipinski definition) is 5. The highest BCUT2D eigenvalue weighted by atomic mass is 35.5. The maximum atomic E-state index is 12.4. The van der Waals surface area contributed by atoms with Gasteiger partial charge in [0.15, 0.2) is 0 Å². The molecule has 2 heterocycles. The predicted octanol–water partition coefficient (Wildman–Crippen LogP) is 4.73. The van der Waals surface area contributed by atoms with Crippen LogP contribution in [0.5, 0.6) is 11.6 Å². The summed E-state index contributed by atoms with van der Waals surface area (Å²) in [6.45, 7) is 0. The summed E-state index contributed by atoms with van der Waals surface area (Å²) < 4.78 is 7.14. The molecule has 0 saturated carbocycles. The molecule has 136 valence electrons. The Hall–Kier alpha value is -3.40. The molecule has 2 aromatic carbocycles. The fourth-order valence-electron chi connectivity index (χ4n) is 2.73. The van der Waals surface area contributed by atoms with E-state index in [0.29, 0.717) is 38.3 Å². The zero-order valence-corrected chi connectivity index (χ0v) is 15.6. The first-order valence-electron chi connectivity index (χ1n) is 8.08. The summed E-state index contributed by atoms with van der Waals surface area (Å²) in [7, 11) is 0. The highest BCUT2D eigenvalue weighted by molar-refractivity contribution is 6.39. The van der Waals surface area contributed by atoms with Crippen LogP contribution >= 0.6 is 23.2 Å². The molecule has 0 saturated heterocycles. The zero-order chi connectivity index (χ0) is 19.7. The Labute approximate surface area is 169 Å². The zero-order valence-electron chi connectivity index (χ0n) is 14.1. The molecule has 0 aliphatic rings. The predicted molar refractivity (Wildman–Crippen MR) is 106 cm³/mol. The van der Waals surface area contributed by atoms with Crippen molar-refractivity contribution in [3.8, 4) is 28.8 Å². The fourth-order valence-corrected chi connectivity index (χ4v) is 3.32. The first-order chi connectivity index (χ1) is 13.6. The lowest BCUT2D eigenvalue weighted by Gasteiger charge is -2.11. The van der Waals surface area contributed by atoms with Crippen LogP contribution in [0, 0.1) is 11.3 Å². The average Bonchev–Trinajstić information content (AvgIpc) is 2.70. The molecule has 4 aromatic rings. The van der Waals surface area contributed by atoms with Crippen LogP contribution in [0.1, 0.15) is 5.56 Å². The van der Waals surface area contributed by atoms with E-state index in [2.05, 4.69) is 10.1 Å². The molecule has 0 N–H and O–H groups in total. The van der Waals surface area contributed by atoms with Crippen LogP contribution in [-0.4, -0.2) is 14.6 Å². The van der Waals surface area contributed by atoms with Gasteiger partial charge in [0.1, 0.15) is 12.1 Å². The highest BCUT2D eigenvalue weighted by Gasteiger charge is 2.17. The van der Waals surface area contributed by atoms with E-state index in [1.807, 2.05) is 6.07 Å². The Balaban J connectivity index is 1.81. The number of hydrogen-bond donors (Lipinski definition) is 0. The van der Waals surface area contributed by atoms with E-state index in [9.17, 15) is 4.79 Å². The van der Waals surface area contributed by atoms with Crippen LogP contribution in [0.4, 0.5) is 0 Å². The number of halogens is 2. The molecule has 0 radical (unpaired) electrons. The fraction of sp³-hybridized carbons (Fsp3) is 0. The van der Waals surface area contributed by atoms with Gasteiger partial charge in [0, 0.05) is 11.6 Å². The third-order valence-corrected chi connectivity index (χ3v) is 4.64. The molecule has 0 spiro atoms. The van der Waals surface area contributed by atoms with E-state index >= 15 is 0 Å². The lowest BCUT2D eigenvalue weighted by atomic mass is 10.1. The average molecular weight is 409 g/mol. The lowest BCUT2D eigenvalue weighted by molar-refractivity contribution is 0.452. The van der Waals surface area contributed by atoms with Crippen molar-refractivity contribution >= 4 is 28.7 Å². The molecule has 0 unspecified atom stereocenters. The third-order valence-electron chi connectivity index (χ3n) is 4.01. The molecular weight excluding hydrogens is 399 g/mol. The second-order valence-electron chi connectivity index (χ2n) is 5.76. The smallest absolute Gasteiger partial charge is 0.281 e. The Morgan fingerprint density at radius 2 is 1.68 bits per heavy atom. The van der Waals surface area contributed by atoms with Gasteiger partial charge in [-0.05, 0) is 42.5 Å². The number of aromatic nitrogens is 3. The molecule has 4 rings (SSSR count). The number of nitrogens with zero attached hydrogens (tertiary/aromatic N) is 4. The normalized spacial score (nSPS) is 10.6. The lowest BCUT2D eigenvalue weighted by Crippen LogP contribution is -2.14. The summed E-state index contributed by atoms with van der Waals surface area (Å²) in [5, 5.41) is 13.9. The van der Waals surface area contributed by atoms with Crippen molar-refractivity contribution in [2.24, 2.45) is 0 Å². The van der Waals surface area contributed by atoms with Gasteiger partial charge < -0.3 is 4.74 Å². The molecule has 0 aliphatic heterocycles. The van der Waals surface area contributed by atoms with Crippen LogP contribution in [0.15, 0.2) is 65.7 Å². The minimum absolute atomic E-state index is 0.260. The minimum atomic E-state index is -0.461. The standard InChI is InChI=1S/C20H10Cl2N4O2/c21-14-2-1-3-15(22)18(14)19-16-8-9-17(25-26(16)11-24-20(19)27)28-13-6-4-12(10-23)5-7-13/h1-9,11H. The van der Waals surface area contributed by atoms with Gasteiger partial charge in [-0.2, -0.15) is 10.2 Å². The van der Waals surface area contributed by atoms with Crippen molar-refractivity contribution in [2.75, 3.05) is 0 Å². The number of ether oxygens (including phenoxy) is 1. The summed E-state index contributed by atoms with van der Waals surface area (Å²) in [5.74, 6) is 0.813. The van der Waals surface area contributed by atoms with Crippen molar-refractivity contribution in [3.63, 3.8) is 0 Å². The SMILES string of the molecule is N#Cc1ccc(Oc2ccc3c(-c4c(Cl)cccc4Cl)c(=O)ncn3n2)cc1. The summed E-state index contributed by atoms with van der Waals surface area (Å²) in [6.07, 6.45) is 1.30. The molecule has 28 heavy (non-hydrogen) atoms. The molecule has 0 fully saturated rings. The van der Waals surface area contributed by atoms with Crippen LogP contribution < -0.4 is 10.3 Å². The topological polar surface area (TPSA) is 80.3 Å². The summed E-state index contributed by atoms with van der Waals surface area (Å²) in [6, 6.07) is 17.0. The van der Waals surface area contributed by atoms with Gasteiger partial charge in [-0.25, -0.2) is 4.52 Å². The summed E-state index contributed by atoms with van der Waals surface area (Å²) >= 11 is 12.5. The number of rotatable bonds is 3. The molecule has 8 heteroatoms. The van der Waals surface area contributed by atoms with Crippen LogP contribution in [0.2, 0.25) is 10.0 Å². The maximum Gasteiger partial charge on any atom is 0.281 e. The third kappa shape index (κ3) is 3.29. The summed E-state index contributed by atoms with van der Waals surface area (Å²) in [5.41, 5.74) is 1.22. The molecule has 0 bridgehead atoms.